The van der Waals surface area contributed by atoms with E-state index in [0.29, 0.717) is 12.3 Å². The number of carbonyl (C=O) groups excluding carboxylic acids is 1. The molecular weight excluding hydrogens is 425 g/mol. The summed E-state index contributed by atoms with van der Waals surface area (Å²) in [6.07, 6.45) is 3.00. The molecule has 1 aliphatic heterocycles. The third-order valence-corrected chi connectivity index (χ3v) is 5.40. The van der Waals surface area contributed by atoms with E-state index in [9.17, 15) is 4.79 Å². The van der Waals surface area contributed by atoms with Crippen LogP contribution >= 0.6 is 50.3 Å². The fraction of sp³-hybridized carbons (Fsp3) is 0.462. The maximum Gasteiger partial charge on any atom is 0.224 e. The second-order valence-corrected chi connectivity index (χ2v) is 7.76. The molecule has 0 spiro atoms. The molecule has 0 radical (unpaired) electrons. The Labute approximate surface area is 134 Å². The summed E-state index contributed by atoms with van der Waals surface area (Å²) < 4.78 is 2.10. The van der Waals surface area contributed by atoms with Crippen LogP contribution in [0.5, 0.6) is 0 Å². The number of nitrogens with one attached hydrogen (secondary N) is 1. The van der Waals surface area contributed by atoms with Gasteiger partial charge >= 0.3 is 0 Å². The number of benzene rings is 1. The van der Waals surface area contributed by atoms with Gasteiger partial charge in [0.25, 0.3) is 0 Å². The largest absolute Gasteiger partial charge is 0.325 e. The molecule has 1 heterocycles. The molecule has 1 aromatic carbocycles. The van der Waals surface area contributed by atoms with Gasteiger partial charge in [-0.25, -0.2) is 0 Å². The Morgan fingerprint density at radius 2 is 2.17 bits per heavy atom. The minimum atomic E-state index is 0.133. The molecule has 1 amide bonds. The number of hydrogen-bond donors (Lipinski definition) is 1. The van der Waals surface area contributed by atoms with Gasteiger partial charge in [0.05, 0.1) is 5.69 Å². The molecule has 0 unspecified atom stereocenters. The van der Waals surface area contributed by atoms with Crippen molar-refractivity contribution >= 4 is 61.9 Å². The van der Waals surface area contributed by atoms with Crippen molar-refractivity contribution < 1.29 is 4.79 Å². The van der Waals surface area contributed by atoms with Gasteiger partial charge in [-0.2, -0.15) is 11.8 Å². The molecule has 2 nitrogen and oxygen atoms in total. The van der Waals surface area contributed by atoms with Crippen LogP contribution in [0.15, 0.2) is 22.7 Å². The molecule has 0 aromatic heterocycles. The van der Waals surface area contributed by atoms with E-state index in [4.69, 9.17) is 0 Å². The van der Waals surface area contributed by atoms with Gasteiger partial charge < -0.3 is 5.32 Å². The predicted molar refractivity (Wildman–Crippen MR) is 90.2 cm³/mol. The van der Waals surface area contributed by atoms with E-state index in [0.717, 1.165) is 13.7 Å². The summed E-state index contributed by atoms with van der Waals surface area (Å²) >= 11 is 7.73. The van der Waals surface area contributed by atoms with E-state index in [-0.39, 0.29) is 5.91 Å². The number of carbonyl (C=O) groups is 1. The number of hydrogen-bond acceptors (Lipinski definition) is 2. The zero-order valence-corrected chi connectivity index (χ0v) is 14.5. The number of anilines is 1. The third kappa shape index (κ3) is 4.42. The van der Waals surface area contributed by atoms with Gasteiger partial charge in [-0.3, -0.25) is 4.79 Å². The molecule has 2 rings (SSSR count). The first-order valence-electron chi connectivity index (χ1n) is 5.98. The lowest BCUT2D eigenvalue weighted by Gasteiger charge is -2.20. The summed E-state index contributed by atoms with van der Waals surface area (Å²) in [7, 11) is 0. The molecule has 1 fully saturated rings. The van der Waals surface area contributed by atoms with Crippen molar-refractivity contribution in [3.63, 3.8) is 0 Å². The normalized spacial score (nSPS) is 16.6. The smallest absolute Gasteiger partial charge is 0.224 e. The van der Waals surface area contributed by atoms with Crippen molar-refractivity contribution in [2.45, 2.75) is 19.3 Å². The maximum absolute atomic E-state index is 12.0. The van der Waals surface area contributed by atoms with Crippen LogP contribution in [0.1, 0.15) is 19.3 Å². The highest BCUT2D eigenvalue weighted by Gasteiger charge is 2.17. The predicted octanol–water partition coefficient (Wildman–Crippen LogP) is 4.53. The van der Waals surface area contributed by atoms with Crippen molar-refractivity contribution in [3.05, 3.63) is 26.2 Å². The minimum absolute atomic E-state index is 0.133. The lowest BCUT2D eigenvalue weighted by molar-refractivity contribution is -0.117. The van der Waals surface area contributed by atoms with Crippen LogP contribution in [0.4, 0.5) is 5.69 Å². The molecule has 0 atom stereocenters. The first kappa shape index (κ1) is 14.7. The highest BCUT2D eigenvalue weighted by molar-refractivity contribution is 14.1. The topological polar surface area (TPSA) is 29.1 Å². The first-order chi connectivity index (χ1) is 8.65. The fourth-order valence-electron chi connectivity index (χ4n) is 2.00. The number of thioether (sulfide) groups is 1. The summed E-state index contributed by atoms with van der Waals surface area (Å²) in [5.74, 6) is 3.10. The van der Waals surface area contributed by atoms with Crippen molar-refractivity contribution in [2.24, 2.45) is 5.92 Å². The van der Waals surface area contributed by atoms with Crippen LogP contribution in [-0.4, -0.2) is 17.4 Å². The lowest BCUT2D eigenvalue weighted by Crippen LogP contribution is -2.19. The van der Waals surface area contributed by atoms with Crippen LogP contribution in [0.25, 0.3) is 0 Å². The zero-order chi connectivity index (χ0) is 13.0. The van der Waals surface area contributed by atoms with Gasteiger partial charge in [-0.05, 0) is 87.0 Å². The van der Waals surface area contributed by atoms with Crippen LogP contribution < -0.4 is 5.32 Å². The quantitative estimate of drug-likeness (QED) is 0.701. The molecule has 0 bridgehead atoms. The molecule has 5 heteroatoms. The first-order valence-corrected chi connectivity index (χ1v) is 9.00. The van der Waals surface area contributed by atoms with E-state index < -0.39 is 0 Å². The molecule has 1 N–H and O–H groups in total. The van der Waals surface area contributed by atoms with Crippen LogP contribution in [-0.2, 0) is 4.79 Å². The molecular formula is C13H15BrINOS. The Bertz CT molecular complexity index is 435. The molecule has 1 aromatic rings. The molecule has 0 aliphatic carbocycles. The molecule has 0 saturated carbocycles. The summed E-state index contributed by atoms with van der Waals surface area (Å²) in [6, 6.07) is 5.95. The molecule has 98 valence electrons. The van der Waals surface area contributed by atoms with Crippen LogP contribution in [0, 0.1) is 9.49 Å². The summed E-state index contributed by atoms with van der Waals surface area (Å²) in [4.78, 5) is 12.0. The highest BCUT2D eigenvalue weighted by Crippen LogP contribution is 2.27. The monoisotopic (exact) mass is 439 g/mol. The van der Waals surface area contributed by atoms with E-state index >= 15 is 0 Å². The Hall–Kier alpha value is 0.250. The maximum atomic E-state index is 12.0. The van der Waals surface area contributed by atoms with Gasteiger partial charge in [0.2, 0.25) is 5.91 Å². The van der Waals surface area contributed by atoms with Crippen molar-refractivity contribution in [3.8, 4) is 0 Å². The lowest BCUT2D eigenvalue weighted by atomic mass is 9.98. The highest BCUT2D eigenvalue weighted by atomic mass is 127. The summed E-state index contributed by atoms with van der Waals surface area (Å²) in [5.41, 5.74) is 0.866. The van der Waals surface area contributed by atoms with Crippen molar-refractivity contribution in [1.29, 1.82) is 0 Å². The average Bonchev–Trinajstić information content (AvgIpc) is 2.34. The zero-order valence-electron chi connectivity index (χ0n) is 9.92. The Balaban J connectivity index is 1.90. The van der Waals surface area contributed by atoms with E-state index in [1.807, 2.05) is 30.0 Å². The van der Waals surface area contributed by atoms with Crippen LogP contribution in [0.3, 0.4) is 0 Å². The minimum Gasteiger partial charge on any atom is -0.325 e. The summed E-state index contributed by atoms with van der Waals surface area (Å²) in [5, 5.41) is 2.99. The van der Waals surface area contributed by atoms with Crippen LogP contribution in [0.2, 0.25) is 0 Å². The fourth-order valence-corrected chi connectivity index (χ4v) is 4.61. The second kappa shape index (κ2) is 7.14. The molecule has 18 heavy (non-hydrogen) atoms. The number of rotatable bonds is 3. The number of amides is 1. The standard InChI is InChI=1S/C13H15BrINOS/c14-11-8-10(15)1-2-12(11)16-13(17)7-9-3-5-18-6-4-9/h1-2,8-9H,3-7H2,(H,16,17). The van der Waals surface area contributed by atoms with Gasteiger partial charge in [-0.1, -0.05) is 0 Å². The van der Waals surface area contributed by atoms with Gasteiger partial charge in [0, 0.05) is 14.5 Å². The van der Waals surface area contributed by atoms with E-state index in [1.54, 1.807) is 0 Å². The van der Waals surface area contributed by atoms with Gasteiger partial charge in [-0.15, -0.1) is 0 Å². The Kier molecular flexibility index (Phi) is 5.82. The third-order valence-electron chi connectivity index (χ3n) is 3.02. The summed E-state index contributed by atoms with van der Waals surface area (Å²) in [6.45, 7) is 0. The van der Waals surface area contributed by atoms with Gasteiger partial charge in [0.15, 0.2) is 0 Å². The molecule has 1 saturated heterocycles. The Morgan fingerprint density at radius 3 is 2.83 bits per heavy atom. The van der Waals surface area contributed by atoms with Crippen molar-refractivity contribution in [1.82, 2.24) is 0 Å². The molecule has 1 aliphatic rings. The average molecular weight is 440 g/mol. The van der Waals surface area contributed by atoms with Crippen molar-refractivity contribution in [2.75, 3.05) is 16.8 Å². The van der Waals surface area contributed by atoms with Gasteiger partial charge in [0.1, 0.15) is 0 Å². The van der Waals surface area contributed by atoms with E-state index in [1.165, 1.54) is 24.3 Å². The Morgan fingerprint density at radius 1 is 1.44 bits per heavy atom. The second-order valence-electron chi connectivity index (χ2n) is 4.43. The SMILES string of the molecule is O=C(CC1CCSCC1)Nc1ccc(I)cc1Br. The number of halogens is 2. The van der Waals surface area contributed by atoms with E-state index in [2.05, 4.69) is 43.8 Å².